The number of benzene rings is 4. The molecule has 31 heavy (non-hydrogen) atoms. The molecule has 0 unspecified atom stereocenters. The van der Waals surface area contributed by atoms with Crippen molar-refractivity contribution in [3.63, 3.8) is 0 Å². The number of hydrogen-bond donors (Lipinski definition) is 0. The number of rotatable bonds is 3. The minimum absolute atomic E-state index is 0.396. The molecule has 3 heteroatoms. The normalized spacial score (nSPS) is 11.8. The van der Waals surface area contributed by atoms with Gasteiger partial charge in [-0.05, 0) is 41.8 Å². The van der Waals surface area contributed by atoms with E-state index in [1.165, 1.54) is 5.56 Å². The molecule has 0 atom stereocenters. The molecule has 0 amide bonds. The van der Waals surface area contributed by atoms with Crippen molar-refractivity contribution in [3.05, 3.63) is 96.6 Å². The molecule has 0 aliphatic heterocycles. The molecule has 2 heterocycles. The molecule has 0 aliphatic carbocycles. The maximum atomic E-state index is 6.35. The molecule has 0 saturated carbocycles. The van der Waals surface area contributed by atoms with E-state index in [9.17, 15) is 0 Å². The maximum absolute atomic E-state index is 6.35. The molecule has 0 saturated heterocycles. The van der Waals surface area contributed by atoms with Crippen LogP contribution in [0.3, 0.4) is 0 Å². The molecule has 0 aliphatic rings. The molecule has 0 N–H and O–H groups in total. The van der Waals surface area contributed by atoms with Crippen LogP contribution in [-0.4, -0.2) is 9.55 Å². The second kappa shape index (κ2) is 6.85. The predicted molar refractivity (Wildman–Crippen MR) is 128 cm³/mol. The van der Waals surface area contributed by atoms with Crippen LogP contribution in [0.4, 0.5) is 0 Å². The molecule has 0 bridgehead atoms. The van der Waals surface area contributed by atoms with Crippen LogP contribution in [0.5, 0.6) is 0 Å². The van der Waals surface area contributed by atoms with E-state index in [0.29, 0.717) is 5.92 Å². The van der Waals surface area contributed by atoms with Crippen molar-refractivity contribution in [3.8, 4) is 17.1 Å². The van der Waals surface area contributed by atoms with Crippen molar-refractivity contribution in [2.75, 3.05) is 0 Å². The minimum atomic E-state index is 0.396. The van der Waals surface area contributed by atoms with E-state index < -0.39 is 0 Å². The smallest absolute Gasteiger partial charge is 0.149 e. The Morgan fingerprint density at radius 3 is 2.39 bits per heavy atom. The summed E-state index contributed by atoms with van der Waals surface area (Å²) in [5.74, 6) is 1.30. The lowest BCUT2D eigenvalue weighted by molar-refractivity contribution is 0.669. The number of furan rings is 1. The highest BCUT2D eigenvalue weighted by Gasteiger charge is 2.21. The fourth-order valence-corrected chi connectivity index (χ4v) is 4.55. The molecule has 0 fully saturated rings. The van der Waals surface area contributed by atoms with Gasteiger partial charge < -0.3 is 4.42 Å². The van der Waals surface area contributed by atoms with E-state index in [-0.39, 0.29) is 0 Å². The number of nitrogens with zero attached hydrogens (tertiary/aromatic N) is 2. The standard InChI is InChI=1S/C28H22N2O/c1-18(2)19-10-3-6-15-24(19)30-25-16-7-5-14-23(25)29-28(30)22-13-9-12-21-20-11-4-8-17-26(20)31-27(21)22/h3-18H,1-2H3. The Balaban J connectivity index is 1.74. The van der Waals surface area contributed by atoms with E-state index in [1.807, 2.05) is 18.2 Å². The maximum Gasteiger partial charge on any atom is 0.149 e. The topological polar surface area (TPSA) is 31.0 Å². The fourth-order valence-electron chi connectivity index (χ4n) is 4.55. The van der Waals surface area contributed by atoms with Gasteiger partial charge in [0, 0.05) is 10.8 Å². The van der Waals surface area contributed by atoms with Gasteiger partial charge in [-0.25, -0.2) is 4.98 Å². The summed E-state index contributed by atoms with van der Waals surface area (Å²) >= 11 is 0. The summed E-state index contributed by atoms with van der Waals surface area (Å²) in [5, 5.41) is 2.24. The van der Waals surface area contributed by atoms with Gasteiger partial charge in [0.25, 0.3) is 0 Å². The average molecular weight is 402 g/mol. The summed E-state index contributed by atoms with van der Waals surface area (Å²) in [6, 6.07) is 31.5. The molecule has 3 nitrogen and oxygen atoms in total. The SMILES string of the molecule is CC(C)c1ccccc1-n1c(-c2cccc3c2oc2ccccc23)nc2ccccc21. The van der Waals surface area contributed by atoms with Gasteiger partial charge in [-0.2, -0.15) is 0 Å². The first kappa shape index (κ1) is 18.0. The van der Waals surface area contributed by atoms with E-state index in [1.54, 1.807) is 0 Å². The Kier molecular flexibility index (Phi) is 3.97. The van der Waals surface area contributed by atoms with Crippen LogP contribution in [0, 0.1) is 0 Å². The molecular formula is C28H22N2O. The Morgan fingerprint density at radius 2 is 1.48 bits per heavy atom. The van der Waals surface area contributed by atoms with E-state index >= 15 is 0 Å². The highest BCUT2D eigenvalue weighted by molar-refractivity contribution is 6.09. The zero-order valence-electron chi connectivity index (χ0n) is 17.5. The van der Waals surface area contributed by atoms with Crippen LogP contribution in [0.25, 0.3) is 50.0 Å². The number of hydrogen-bond acceptors (Lipinski definition) is 2. The molecule has 0 radical (unpaired) electrons. The van der Waals surface area contributed by atoms with E-state index in [0.717, 1.165) is 50.0 Å². The quantitative estimate of drug-likeness (QED) is 0.303. The average Bonchev–Trinajstić information content (AvgIpc) is 3.37. The van der Waals surface area contributed by atoms with E-state index in [2.05, 4.69) is 91.2 Å². The molecule has 2 aromatic heterocycles. The largest absolute Gasteiger partial charge is 0.455 e. The Bertz CT molecular complexity index is 1570. The minimum Gasteiger partial charge on any atom is -0.455 e. The lowest BCUT2D eigenvalue weighted by Crippen LogP contribution is -2.03. The summed E-state index contributed by atoms with van der Waals surface area (Å²) in [7, 11) is 0. The third-order valence-electron chi connectivity index (χ3n) is 6.01. The lowest BCUT2D eigenvalue weighted by Gasteiger charge is -2.16. The van der Waals surface area contributed by atoms with Crippen molar-refractivity contribution in [2.45, 2.75) is 19.8 Å². The van der Waals surface area contributed by atoms with Gasteiger partial charge in [-0.15, -0.1) is 0 Å². The van der Waals surface area contributed by atoms with Gasteiger partial charge in [0.05, 0.1) is 22.3 Å². The zero-order valence-corrected chi connectivity index (χ0v) is 17.5. The van der Waals surface area contributed by atoms with Crippen LogP contribution in [-0.2, 0) is 0 Å². The van der Waals surface area contributed by atoms with Gasteiger partial charge in [-0.3, -0.25) is 4.57 Å². The predicted octanol–water partition coefficient (Wildman–Crippen LogP) is 7.72. The van der Waals surface area contributed by atoms with E-state index in [4.69, 9.17) is 9.40 Å². The molecule has 0 spiro atoms. The number of para-hydroxylation sites is 5. The van der Waals surface area contributed by atoms with Crippen molar-refractivity contribution >= 4 is 33.0 Å². The summed E-state index contributed by atoms with van der Waals surface area (Å²) in [6.07, 6.45) is 0. The van der Waals surface area contributed by atoms with Gasteiger partial charge in [0.2, 0.25) is 0 Å². The second-order valence-electron chi connectivity index (χ2n) is 8.25. The molecule has 6 aromatic rings. The summed E-state index contributed by atoms with van der Waals surface area (Å²) in [4.78, 5) is 5.08. The summed E-state index contributed by atoms with van der Waals surface area (Å²) in [5.41, 5.74) is 7.31. The van der Waals surface area contributed by atoms with Crippen LogP contribution in [0.2, 0.25) is 0 Å². The highest BCUT2D eigenvalue weighted by atomic mass is 16.3. The number of aromatic nitrogens is 2. The van der Waals surface area contributed by atoms with Gasteiger partial charge in [0.15, 0.2) is 0 Å². The Labute approximate surface area is 180 Å². The molecule has 4 aromatic carbocycles. The third-order valence-corrected chi connectivity index (χ3v) is 6.01. The second-order valence-corrected chi connectivity index (χ2v) is 8.25. The Hall–Kier alpha value is -3.85. The third kappa shape index (κ3) is 2.70. The lowest BCUT2D eigenvalue weighted by atomic mass is 10.0. The Morgan fingerprint density at radius 1 is 0.742 bits per heavy atom. The van der Waals surface area contributed by atoms with Gasteiger partial charge in [-0.1, -0.05) is 74.5 Å². The summed E-state index contributed by atoms with van der Waals surface area (Å²) < 4.78 is 8.63. The molecule has 150 valence electrons. The monoisotopic (exact) mass is 402 g/mol. The molecular weight excluding hydrogens is 380 g/mol. The van der Waals surface area contributed by atoms with Crippen molar-refractivity contribution in [2.24, 2.45) is 0 Å². The first-order chi connectivity index (χ1) is 15.2. The first-order valence-corrected chi connectivity index (χ1v) is 10.7. The van der Waals surface area contributed by atoms with Gasteiger partial charge >= 0.3 is 0 Å². The van der Waals surface area contributed by atoms with Crippen molar-refractivity contribution in [1.29, 1.82) is 0 Å². The van der Waals surface area contributed by atoms with Crippen LogP contribution in [0.15, 0.2) is 95.4 Å². The molecule has 6 rings (SSSR count). The van der Waals surface area contributed by atoms with Gasteiger partial charge in [0.1, 0.15) is 17.0 Å². The zero-order chi connectivity index (χ0) is 20.9. The summed E-state index contributed by atoms with van der Waals surface area (Å²) in [6.45, 7) is 4.47. The van der Waals surface area contributed by atoms with Crippen LogP contribution >= 0.6 is 0 Å². The van der Waals surface area contributed by atoms with Crippen LogP contribution in [0.1, 0.15) is 25.3 Å². The van der Waals surface area contributed by atoms with Crippen molar-refractivity contribution < 1.29 is 4.42 Å². The number of imidazole rings is 1. The first-order valence-electron chi connectivity index (χ1n) is 10.7. The number of fused-ring (bicyclic) bond motifs is 4. The van der Waals surface area contributed by atoms with Crippen molar-refractivity contribution in [1.82, 2.24) is 9.55 Å². The highest BCUT2D eigenvalue weighted by Crippen LogP contribution is 2.38. The van der Waals surface area contributed by atoms with Crippen LogP contribution < -0.4 is 0 Å². The fraction of sp³-hybridized carbons (Fsp3) is 0.107.